The van der Waals surface area contributed by atoms with Crippen molar-refractivity contribution >= 4 is 52.1 Å². The summed E-state index contributed by atoms with van der Waals surface area (Å²) in [4.78, 5) is 41.5. The number of nitro benzene ring substituents is 1. The Hall–Kier alpha value is -2.71. The highest BCUT2D eigenvalue weighted by molar-refractivity contribution is 6.33. The lowest BCUT2D eigenvalue weighted by Gasteiger charge is -2.18. The standard InChI is InChI=1S/C18H16Cl2N4O4/c1-4-23-12-8-13(24(27)28)11(7-10(12)18(2,3)17(23)26)21-16(25)9-5-14(19)22-15(20)6-9/h5-8H,4H2,1-3H3,(H,21,25). The van der Waals surface area contributed by atoms with Crippen LogP contribution in [0.2, 0.25) is 10.3 Å². The van der Waals surface area contributed by atoms with Crippen LogP contribution in [0.15, 0.2) is 24.3 Å². The first kappa shape index (κ1) is 20.0. The van der Waals surface area contributed by atoms with Crippen LogP contribution in [0.3, 0.4) is 0 Å². The number of nitrogens with zero attached hydrogens (tertiary/aromatic N) is 3. The minimum absolute atomic E-state index is 0.0170. The Kier molecular flexibility index (Phi) is 5.03. The van der Waals surface area contributed by atoms with Gasteiger partial charge >= 0.3 is 0 Å². The molecule has 1 aromatic carbocycles. The molecule has 2 aromatic rings. The average Bonchev–Trinajstić information content (AvgIpc) is 2.79. The SMILES string of the molecule is CCN1C(=O)C(C)(C)c2cc(NC(=O)c3cc(Cl)nc(Cl)c3)c([N+](=O)[O-])cc21. The molecule has 1 N–H and O–H groups in total. The fourth-order valence-electron chi connectivity index (χ4n) is 3.22. The van der Waals surface area contributed by atoms with Gasteiger partial charge in [-0.25, -0.2) is 4.98 Å². The highest BCUT2D eigenvalue weighted by Gasteiger charge is 2.44. The van der Waals surface area contributed by atoms with E-state index in [1.807, 2.05) is 0 Å². The number of hydrogen-bond acceptors (Lipinski definition) is 5. The predicted molar refractivity (Wildman–Crippen MR) is 106 cm³/mol. The highest BCUT2D eigenvalue weighted by Crippen LogP contribution is 2.45. The molecule has 0 unspecified atom stereocenters. The van der Waals surface area contributed by atoms with Gasteiger partial charge in [0.1, 0.15) is 16.0 Å². The molecule has 0 saturated carbocycles. The van der Waals surface area contributed by atoms with E-state index in [1.54, 1.807) is 20.8 Å². The average molecular weight is 423 g/mol. The van der Waals surface area contributed by atoms with Crippen molar-refractivity contribution in [3.63, 3.8) is 0 Å². The summed E-state index contributed by atoms with van der Waals surface area (Å²) in [6, 6.07) is 5.39. The molecule has 146 valence electrons. The summed E-state index contributed by atoms with van der Waals surface area (Å²) < 4.78 is 0. The molecular formula is C18H16Cl2N4O4. The zero-order chi connectivity index (χ0) is 20.8. The van der Waals surface area contributed by atoms with E-state index < -0.39 is 16.2 Å². The Bertz CT molecular complexity index is 1000. The normalized spacial score (nSPS) is 14.8. The van der Waals surface area contributed by atoms with E-state index >= 15 is 0 Å². The van der Waals surface area contributed by atoms with Crippen LogP contribution in [-0.2, 0) is 10.2 Å². The number of pyridine rings is 1. The zero-order valence-corrected chi connectivity index (χ0v) is 16.8. The van der Waals surface area contributed by atoms with Crippen molar-refractivity contribution in [1.29, 1.82) is 0 Å². The van der Waals surface area contributed by atoms with Crippen LogP contribution >= 0.6 is 23.2 Å². The van der Waals surface area contributed by atoms with Gasteiger partial charge < -0.3 is 10.2 Å². The van der Waals surface area contributed by atoms with Crippen molar-refractivity contribution in [2.45, 2.75) is 26.2 Å². The van der Waals surface area contributed by atoms with Crippen molar-refractivity contribution in [2.75, 3.05) is 16.8 Å². The molecule has 2 heterocycles. The Morgan fingerprint density at radius 1 is 1.25 bits per heavy atom. The van der Waals surface area contributed by atoms with Crippen molar-refractivity contribution < 1.29 is 14.5 Å². The van der Waals surface area contributed by atoms with Gasteiger partial charge in [-0.1, -0.05) is 23.2 Å². The van der Waals surface area contributed by atoms with Crippen LogP contribution in [0.1, 0.15) is 36.7 Å². The summed E-state index contributed by atoms with van der Waals surface area (Å²) in [5.41, 5.74) is -0.0315. The molecule has 0 fully saturated rings. The third-order valence-corrected chi connectivity index (χ3v) is 5.03. The van der Waals surface area contributed by atoms with Gasteiger partial charge in [-0.15, -0.1) is 0 Å². The fraction of sp³-hybridized carbons (Fsp3) is 0.278. The highest BCUT2D eigenvalue weighted by atomic mass is 35.5. The quantitative estimate of drug-likeness (QED) is 0.451. The van der Waals surface area contributed by atoms with E-state index in [9.17, 15) is 19.7 Å². The topological polar surface area (TPSA) is 105 Å². The lowest BCUT2D eigenvalue weighted by atomic mass is 9.85. The number of likely N-dealkylation sites (N-methyl/N-ethyl adjacent to an activating group) is 1. The maximum absolute atomic E-state index is 12.7. The molecule has 1 aliphatic heterocycles. The van der Waals surface area contributed by atoms with Crippen LogP contribution in [0.25, 0.3) is 0 Å². The lowest BCUT2D eigenvalue weighted by molar-refractivity contribution is -0.383. The minimum atomic E-state index is -0.872. The number of nitrogens with one attached hydrogen (secondary N) is 1. The van der Waals surface area contributed by atoms with Crippen molar-refractivity contribution in [1.82, 2.24) is 4.98 Å². The third-order valence-electron chi connectivity index (χ3n) is 4.64. The van der Waals surface area contributed by atoms with E-state index in [1.165, 1.54) is 29.2 Å². The minimum Gasteiger partial charge on any atom is -0.316 e. The van der Waals surface area contributed by atoms with E-state index in [-0.39, 0.29) is 33.2 Å². The predicted octanol–water partition coefficient (Wildman–Crippen LogP) is 4.19. The van der Waals surface area contributed by atoms with Crippen LogP contribution in [-0.4, -0.2) is 28.3 Å². The van der Waals surface area contributed by atoms with Crippen molar-refractivity contribution in [3.05, 3.63) is 55.8 Å². The van der Waals surface area contributed by atoms with E-state index in [0.717, 1.165) is 0 Å². The summed E-state index contributed by atoms with van der Waals surface area (Å²) in [5, 5.41) is 14.1. The smallest absolute Gasteiger partial charge is 0.294 e. The van der Waals surface area contributed by atoms with Gasteiger partial charge in [0.15, 0.2) is 0 Å². The largest absolute Gasteiger partial charge is 0.316 e. The Morgan fingerprint density at radius 2 is 1.86 bits per heavy atom. The molecule has 0 atom stereocenters. The molecule has 0 bridgehead atoms. The second-order valence-electron chi connectivity index (χ2n) is 6.77. The summed E-state index contributed by atoms with van der Waals surface area (Å²) in [7, 11) is 0. The molecule has 1 aliphatic rings. The van der Waals surface area contributed by atoms with Gasteiger partial charge in [-0.3, -0.25) is 19.7 Å². The van der Waals surface area contributed by atoms with Gasteiger partial charge in [0, 0.05) is 18.2 Å². The number of aromatic nitrogens is 1. The van der Waals surface area contributed by atoms with Gasteiger partial charge in [0.05, 0.1) is 16.0 Å². The summed E-state index contributed by atoms with van der Waals surface area (Å²) >= 11 is 11.6. The maximum atomic E-state index is 12.7. The Morgan fingerprint density at radius 3 is 2.39 bits per heavy atom. The fourth-order valence-corrected chi connectivity index (χ4v) is 3.68. The number of halogens is 2. The molecule has 8 nitrogen and oxygen atoms in total. The molecule has 2 amide bonds. The number of benzene rings is 1. The Labute approximate surface area is 170 Å². The molecule has 0 saturated heterocycles. The first-order valence-corrected chi connectivity index (χ1v) is 9.11. The number of anilines is 2. The number of carbonyl (C=O) groups is 2. The number of carbonyl (C=O) groups excluding carboxylic acids is 2. The molecular weight excluding hydrogens is 407 g/mol. The molecule has 3 rings (SSSR count). The van der Waals surface area contributed by atoms with Crippen LogP contribution < -0.4 is 10.2 Å². The van der Waals surface area contributed by atoms with Gasteiger partial charge in [-0.2, -0.15) is 0 Å². The van der Waals surface area contributed by atoms with E-state index in [4.69, 9.17) is 23.2 Å². The van der Waals surface area contributed by atoms with E-state index in [2.05, 4.69) is 10.3 Å². The lowest BCUT2D eigenvalue weighted by Crippen LogP contribution is -2.35. The maximum Gasteiger partial charge on any atom is 0.294 e. The monoisotopic (exact) mass is 422 g/mol. The molecule has 28 heavy (non-hydrogen) atoms. The summed E-state index contributed by atoms with van der Waals surface area (Å²) in [5.74, 6) is -0.792. The summed E-state index contributed by atoms with van der Waals surface area (Å²) in [6.07, 6.45) is 0. The second kappa shape index (κ2) is 7.03. The van der Waals surface area contributed by atoms with Gasteiger partial charge in [-0.05, 0) is 44.5 Å². The van der Waals surface area contributed by atoms with Crippen molar-refractivity contribution in [2.24, 2.45) is 0 Å². The first-order chi connectivity index (χ1) is 13.1. The number of hydrogen-bond donors (Lipinski definition) is 1. The van der Waals surface area contributed by atoms with Crippen LogP contribution in [0.5, 0.6) is 0 Å². The van der Waals surface area contributed by atoms with Gasteiger partial charge in [0.2, 0.25) is 5.91 Å². The molecule has 10 heteroatoms. The molecule has 0 aliphatic carbocycles. The number of nitro groups is 1. The van der Waals surface area contributed by atoms with Crippen LogP contribution in [0.4, 0.5) is 17.1 Å². The Balaban J connectivity index is 2.09. The second-order valence-corrected chi connectivity index (χ2v) is 7.55. The summed E-state index contributed by atoms with van der Waals surface area (Å²) in [6.45, 7) is 5.65. The zero-order valence-electron chi connectivity index (χ0n) is 15.2. The van der Waals surface area contributed by atoms with Crippen molar-refractivity contribution in [3.8, 4) is 0 Å². The number of fused-ring (bicyclic) bond motifs is 1. The number of rotatable bonds is 4. The van der Waals surface area contributed by atoms with E-state index in [0.29, 0.717) is 17.8 Å². The molecule has 0 radical (unpaired) electrons. The molecule has 0 spiro atoms. The molecule has 1 aromatic heterocycles. The van der Waals surface area contributed by atoms with Gasteiger partial charge in [0.25, 0.3) is 11.6 Å². The van der Waals surface area contributed by atoms with Crippen LogP contribution in [0, 0.1) is 10.1 Å². The number of amides is 2. The first-order valence-electron chi connectivity index (χ1n) is 8.35. The third kappa shape index (κ3) is 3.29.